The first-order valence-corrected chi connectivity index (χ1v) is 7.75. The van der Waals surface area contributed by atoms with Gasteiger partial charge in [0.25, 0.3) is 0 Å². The van der Waals surface area contributed by atoms with E-state index >= 15 is 0 Å². The van der Waals surface area contributed by atoms with E-state index in [9.17, 15) is 0 Å². The van der Waals surface area contributed by atoms with Crippen LogP contribution < -0.4 is 0 Å². The molecule has 0 bridgehead atoms. The minimum Gasteiger partial charge on any atom is -0.371 e. The van der Waals surface area contributed by atoms with Crippen molar-refractivity contribution in [2.45, 2.75) is 65.1 Å². The fourth-order valence-electron chi connectivity index (χ4n) is 2.40. The maximum absolute atomic E-state index is 6.35. The van der Waals surface area contributed by atoms with Crippen LogP contribution in [0.4, 0.5) is 0 Å². The van der Waals surface area contributed by atoms with Crippen LogP contribution in [0.15, 0.2) is 0 Å². The van der Waals surface area contributed by atoms with Gasteiger partial charge in [0.15, 0.2) is 0 Å². The average Bonchev–Trinajstić information content (AvgIpc) is 2.17. The molecule has 2 heteroatoms. The van der Waals surface area contributed by atoms with E-state index < -0.39 is 0 Å². The van der Waals surface area contributed by atoms with Gasteiger partial charge in [-0.25, -0.2) is 0 Å². The standard InChI is InChI=1S/C13H25IO/c1-10(2)12(4)15-13(9-14)7-5-6-11(3)8-13/h10-12H,5-9H2,1-4H3. The quantitative estimate of drug-likeness (QED) is 0.549. The largest absolute Gasteiger partial charge is 0.371 e. The summed E-state index contributed by atoms with van der Waals surface area (Å²) in [5, 5.41) is 0. The molecule has 1 saturated carbocycles. The van der Waals surface area contributed by atoms with Crippen LogP contribution in [0.3, 0.4) is 0 Å². The fraction of sp³-hybridized carbons (Fsp3) is 1.00. The molecule has 0 radical (unpaired) electrons. The lowest BCUT2D eigenvalue weighted by Crippen LogP contribution is -2.43. The van der Waals surface area contributed by atoms with E-state index in [-0.39, 0.29) is 5.60 Å². The van der Waals surface area contributed by atoms with E-state index in [1.54, 1.807) is 0 Å². The summed E-state index contributed by atoms with van der Waals surface area (Å²) in [5.74, 6) is 1.47. The predicted molar refractivity (Wildman–Crippen MR) is 74.6 cm³/mol. The van der Waals surface area contributed by atoms with Crippen LogP contribution in [-0.2, 0) is 4.74 Å². The Morgan fingerprint density at radius 2 is 2.07 bits per heavy atom. The van der Waals surface area contributed by atoms with Crippen molar-refractivity contribution in [2.24, 2.45) is 11.8 Å². The molecular formula is C13H25IO. The Morgan fingerprint density at radius 3 is 2.53 bits per heavy atom. The lowest BCUT2D eigenvalue weighted by atomic mass is 9.79. The van der Waals surface area contributed by atoms with E-state index in [0.29, 0.717) is 12.0 Å². The Hall–Kier alpha value is 0.690. The molecule has 0 aromatic heterocycles. The zero-order valence-electron chi connectivity index (χ0n) is 10.6. The second-order valence-electron chi connectivity index (χ2n) is 5.59. The van der Waals surface area contributed by atoms with Crippen LogP contribution in [0.1, 0.15) is 53.4 Å². The van der Waals surface area contributed by atoms with Crippen LogP contribution in [-0.4, -0.2) is 16.1 Å². The van der Waals surface area contributed by atoms with Gasteiger partial charge in [0.1, 0.15) is 0 Å². The second-order valence-corrected chi connectivity index (χ2v) is 6.35. The van der Waals surface area contributed by atoms with Gasteiger partial charge < -0.3 is 4.74 Å². The summed E-state index contributed by atoms with van der Waals surface area (Å²) in [6.45, 7) is 9.08. The molecule has 1 rings (SSSR count). The van der Waals surface area contributed by atoms with Gasteiger partial charge in [-0.2, -0.15) is 0 Å². The first kappa shape index (κ1) is 13.8. The van der Waals surface area contributed by atoms with Crippen LogP contribution in [0.2, 0.25) is 0 Å². The van der Waals surface area contributed by atoms with Crippen molar-refractivity contribution in [3.8, 4) is 0 Å². The smallest absolute Gasteiger partial charge is 0.0777 e. The maximum Gasteiger partial charge on any atom is 0.0777 e. The van der Waals surface area contributed by atoms with E-state index in [1.165, 1.54) is 25.7 Å². The highest BCUT2D eigenvalue weighted by Crippen LogP contribution is 2.38. The fourth-order valence-corrected chi connectivity index (χ4v) is 3.27. The highest BCUT2D eigenvalue weighted by molar-refractivity contribution is 14.1. The summed E-state index contributed by atoms with van der Waals surface area (Å²) >= 11 is 2.50. The molecule has 0 aliphatic heterocycles. The number of rotatable bonds is 4. The normalized spacial score (nSPS) is 34.4. The molecule has 1 aliphatic carbocycles. The first-order valence-electron chi connectivity index (χ1n) is 6.23. The van der Waals surface area contributed by atoms with Crippen molar-refractivity contribution in [3.63, 3.8) is 0 Å². The Labute approximate surface area is 108 Å². The zero-order chi connectivity index (χ0) is 11.5. The molecule has 1 aliphatic rings. The van der Waals surface area contributed by atoms with Gasteiger partial charge in [-0.1, -0.05) is 56.2 Å². The van der Waals surface area contributed by atoms with Gasteiger partial charge in [0, 0.05) is 4.43 Å². The third-order valence-corrected chi connectivity index (χ3v) is 5.06. The summed E-state index contributed by atoms with van der Waals surface area (Å²) in [6.07, 6.45) is 5.64. The highest BCUT2D eigenvalue weighted by Gasteiger charge is 2.36. The number of ether oxygens (including phenoxy) is 1. The molecule has 0 saturated heterocycles. The van der Waals surface area contributed by atoms with Crippen molar-refractivity contribution in [1.82, 2.24) is 0 Å². The molecule has 3 atom stereocenters. The molecule has 90 valence electrons. The monoisotopic (exact) mass is 324 g/mol. The van der Waals surface area contributed by atoms with E-state index in [2.05, 4.69) is 50.3 Å². The molecule has 1 nitrogen and oxygen atoms in total. The SMILES string of the molecule is CC1CCCC(CI)(OC(C)C(C)C)C1. The van der Waals surface area contributed by atoms with Gasteiger partial charge in [-0.05, 0) is 31.6 Å². The Bertz CT molecular complexity index is 193. The minimum atomic E-state index is 0.182. The highest BCUT2D eigenvalue weighted by atomic mass is 127. The van der Waals surface area contributed by atoms with Crippen molar-refractivity contribution >= 4 is 22.6 Å². The maximum atomic E-state index is 6.35. The first-order chi connectivity index (χ1) is 6.99. The molecule has 1 fully saturated rings. The van der Waals surface area contributed by atoms with Crippen molar-refractivity contribution in [3.05, 3.63) is 0 Å². The van der Waals surface area contributed by atoms with Gasteiger partial charge in [0.05, 0.1) is 11.7 Å². The van der Waals surface area contributed by atoms with E-state index in [4.69, 9.17) is 4.74 Å². The average molecular weight is 324 g/mol. The summed E-state index contributed by atoms with van der Waals surface area (Å²) in [5.41, 5.74) is 0.182. The number of alkyl halides is 1. The summed E-state index contributed by atoms with van der Waals surface area (Å²) in [6, 6.07) is 0. The molecule has 0 heterocycles. The van der Waals surface area contributed by atoms with Gasteiger partial charge in [0.2, 0.25) is 0 Å². The summed E-state index contributed by atoms with van der Waals surface area (Å²) < 4.78 is 7.50. The molecule has 0 spiro atoms. The van der Waals surface area contributed by atoms with Crippen LogP contribution in [0.25, 0.3) is 0 Å². The summed E-state index contributed by atoms with van der Waals surface area (Å²) in [4.78, 5) is 0. The van der Waals surface area contributed by atoms with Crippen molar-refractivity contribution in [1.29, 1.82) is 0 Å². The second kappa shape index (κ2) is 5.85. The van der Waals surface area contributed by atoms with Crippen LogP contribution >= 0.6 is 22.6 Å². The molecule has 0 aromatic carbocycles. The van der Waals surface area contributed by atoms with Crippen molar-refractivity contribution < 1.29 is 4.74 Å². The number of hydrogen-bond donors (Lipinski definition) is 0. The van der Waals surface area contributed by atoms with Crippen molar-refractivity contribution in [2.75, 3.05) is 4.43 Å². The van der Waals surface area contributed by atoms with E-state index in [0.717, 1.165) is 10.3 Å². The lowest BCUT2D eigenvalue weighted by molar-refractivity contribution is -0.113. The molecule has 15 heavy (non-hydrogen) atoms. The Morgan fingerprint density at radius 1 is 1.40 bits per heavy atom. The zero-order valence-corrected chi connectivity index (χ0v) is 12.7. The predicted octanol–water partition coefficient (Wildman–Crippen LogP) is 4.43. The molecule has 0 amide bonds. The van der Waals surface area contributed by atoms with Gasteiger partial charge >= 0.3 is 0 Å². The molecule has 0 N–H and O–H groups in total. The molecule has 3 unspecified atom stereocenters. The molecule has 0 aromatic rings. The Balaban J connectivity index is 2.59. The number of halogens is 1. The minimum absolute atomic E-state index is 0.182. The number of hydrogen-bond acceptors (Lipinski definition) is 1. The van der Waals surface area contributed by atoms with Gasteiger partial charge in [-0.3, -0.25) is 0 Å². The third-order valence-electron chi connectivity index (χ3n) is 3.67. The topological polar surface area (TPSA) is 9.23 Å². The Kier molecular flexibility index (Phi) is 5.37. The molecular weight excluding hydrogens is 299 g/mol. The van der Waals surface area contributed by atoms with E-state index in [1.807, 2.05) is 0 Å². The van der Waals surface area contributed by atoms with Crippen LogP contribution in [0, 0.1) is 11.8 Å². The lowest BCUT2D eigenvalue weighted by Gasteiger charge is -2.41. The summed E-state index contributed by atoms with van der Waals surface area (Å²) in [7, 11) is 0. The third kappa shape index (κ3) is 3.88. The van der Waals surface area contributed by atoms with Gasteiger partial charge in [-0.15, -0.1) is 0 Å². The van der Waals surface area contributed by atoms with Crippen LogP contribution in [0.5, 0.6) is 0 Å².